The first-order valence-corrected chi connectivity index (χ1v) is 22.9. The molecule has 0 radical (unpaired) electrons. The fraction of sp³-hybridized carbons (Fsp3) is 0.714. The lowest BCUT2D eigenvalue weighted by atomic mass is 9.93. The second kappa shape index (κ2) is 33.3. The molecule has 314 valence electrons. The fourth-order valence-electron chi connectivity index (χ4n) is 5.42. The largest absolute Gasteiger partial charge is 0.508 e. The molecule has 0 aliphatic heterocycles. The predicted octanol–water partition coefficient (Wildman–Crippen LogP) is 9.06. The first-order chi connectivity index (χ1) is 26.6. The van der Waals surface area contributed by atoms with E-state index in [1.54, 1.807) is 19.1 Å². The summed E-state index contributed by atoms with van der Waals surface area (Å²) in [7, 11) is 2.97. The van der Waals surface area contributed by atoms with Crippen molar-refractivity contribution in [1.29, 1.82) is 0 Å². The summed E-state index contributed by atoms with van der Waals surface area (Å²) in [6.45, 7) is 10.9. The van der Waals surface area contributed by atoms with Gasteiger partial charge in [0.05, 0.1) is 6.42 Å². The molecule has 0 aliphatic carbocycles. The maximum atomic E-state index is 13.2. The molecule has 0 aromatic heterocycles. The Labute approximate surface area is 339 Å². The van der Waals surface area contributed by atoms with Crippen LogP contribution >= 0.6 is 21.6 Å². The Bertz CT molecular complexity index is 1200. The number of ether oxygens (including phenoxy) is 4. The van der Waals surface area contributed by atoms with Gasteiger partial charge >= 0.3 is 24.0 Å². The quantitative estimate of drug-likeness (QED) is 0.0226. The van der Waals surface area contributed by atoms with E-state index < -0.39 is 29.4 Å². The summed E-state index contributed by atoms with van der Waals surface area (Å²) in [5, 5.41) is 12.3. The van der Waals surface area contributed by atoms with Crippen molar-refractivity contribution in [1.82, 2.24) is 10.2 Å². The molecule has 0 fully saturated rings. The Morgan fingerprint density at radius 3 is 1.87 bits per heavy atom. The maximum Gasteiger partial charge on any atom is 0.407 e. The number of allylic oxidation sites excluding steroid dienone is 2. The zero-order valence-corrected chi connectivity index (χ0v) is 35.8. The van der Waals surface area contributed by atoms with Crippen molar-refractivity contribution in [3.05, 3.63) is 42.0 Å². The Kier molecular flexibility index (Phi) is 30.3. The van der Waals surface area contributed by atoms with Crippen LogP contribution in [0.25, 0.3) is 0 Å². The van der Waals surface area contributed by atoms with Gasteiger partial charge in [-0.1, -0.05) is 118 Å². The number of nitrogens with zero attached hydrogens (tertiary/aromatic N) is 1. The van der Waals surface area contributed by atoms with Crippen LogP contribution in [0.2, 0.25) is 0 Å². The third-order valence-corrected chi connectivity index (χ3v) is 11.3. The molecule has 0 saturated carbocycles. The van der Waals surface area contributed by atoms with E-state index in [-0.39, 0.29) is 45.0 Å². The third kappa shape index (κ3) is 27.4. The van der Waals surface area contributed by atoms with Crippen LogP contribution in [-0.4, -0.2) is 98.1 Å². The van der Waals surface area contributed by atoms with E-state index in [2.05, 4.69) is 43.1 Å². The van der Waals surface area contributed by atoms with Gasteiger partial charge in [0.15, 0.2) is 0 Å². The highest BCUT2D eigenvalue weighted by Gasteiger charge is 2.38. The van der Waals surface area contributed by atoms with E-state index in [4.69, 9.17) is 18.9 Å². The number of esters is 3. The molecule has 13 heteroatoms. The van der Waals surface area contributed by atoms with Gasteiger partial charge in [0.1, 0.15) is 37.6 Å². The van der Waals surface area contributed by atoms with Gasteiger partial charge in [0, 0.05) is 31.0 Å². The summed E-state index contributed by atoms with van der Waals surface area (Å²) in [6, 6.07) is 6.20. The molecule has 1 aromatic rings. The van der Waals surface area contributed by atoms with Crippen molar-refractivity contribution in [3.8, 4) is 5.75 Å². The molecular weight excluding hydrogens is 741 g/mol. The molecule has 1 atom stereocenters. The zero-order chi connectivity index (χ0) is 40.4. The van der Waals surface area contributed by atoms with Gasteiger partial charge in [-0.25, -0.2) is 4.79 Å². The highest BCUT2D eigenvalue weighted by molar-refractivity contribution is 8.76. The van der Waals surface area contributed by atoms with Crippen molar-refractivity contribution in [3.63, 3.8) is 0 Å². The molecule has 1 amide bonds. The number of carbonyl (C=O) groups is 4. The van der Waals surface area contributed by atoms with Crippen molar-refractivity contribution in [2.45, 2.75) is 124 Å². The van der Waals surface area contributed by atoms with Crippen molar-refractivity contribution >= 4 is 45.6 Å². The number of hydrogen-bond donors (Lipinski definition) is 2. The molecule has 55 heavy (non-hydrogen) atoms. The van der Waals surface area contributed by atoms with Crippen LogP contribution < -0.4 is 5.32 Å². The maximum absolute atomic E-state index is 13.2. The van der Waals surface area contributed by atoms with Crippen molar-refractivity contribution in [2.24, 2.45) is 5.41 Å². The monoisotopic (exact) mass is 810 g/mol. The van der Waals surface area contributed by atoms with E-state index in [0.29, 0.717) is 30.0 Å². The number of nitrogens with one attached hydrogen (secondary N) is 1. The first-order valence-electron chi connectivity index (χ1n) is 20.4. The number of phenolic OH excluding ortho intramolecular Hbond substituents is 1. The normalized spacial score (nSPS) is 12.4. The molecule has 1 rings (SSSR count). The second-order valence-electron chi connectivity index (χ2n) is 13.9. The predicted molar refractivity (Wildman–Crippen MR) is 224 cm³/mol. The highest BCUT2D eigenvalue weighted by atomic mass is 33.1. The minimum absolute atomic E-state index is 0.0454. The number of aromatic hydroxyl groups is 1. The van der Waals surface area contributed by atoms with Gasteiger partial charge in [0.25, 0.3) is 0 Å². The number of alkyl carbamates (subject to hydrolysis) is 1. The third-order valence-electron chi connectivity index (χ3n) is 9.00. The molecule has 0 spiro atoms. The second-order valence-corrected chi connectivity index (χ2v) is 16.6. The van der Waals surface area contributed by atoms with Gasteiger partial charge in [-0.15, -0.1) is 0 Å². The first kappa shape index (κ1) is 50.1. The van der Waals surface area contributed by atoms with Crippen molar-refractivity contribution in [2.75, 3.05) is 64.1 Å². The van der Waals surface area contributed by atoms with Crippen LogP contribution in [0.1, 0.15) is 123 Å². The average molecular weight is 811 g/mol. The van der Waals surface area contributed by atoms with E-state index in [0.717, 1.165) is 51.7 Å². The summed E-state index contributed by atoms with van der Waals surface area (Å²) >= 11 is 0. The van der Waals surface area contributed by atoms with Gasteiger partial charge in [-0.3, -0.25) is 14.4 Å². The number of hydrogen-bond acceptors (Lipinski definition) is 12. The summed E-state index contributed by atoms with van der Waals surface area (Å²) in [5.41, 5.74) is -0.748. The minimum Gasteiger partial charge on any atom is -0.508 e. The molecule has 11 nitrogen and oxygen atoms in total. The van der Waals surface area contributed by atoms with Crippen LogP contribution in [0.3, 0.4) is 0 Å². The number of phenols is 1. The number of benzene rings is 1. The van der Waals surface area contributed by atoms with E-state index in [9.17, 15) is 24.3 Å². The molecule has 1 unspecified atom stereocenters. The zero-order valence-electron chi connectivity index (χ0n) is 34.1. The summed E-state index contributed by atoms with van der Waals surface area (Å²) in [6.07, 6.45) is 19.5. The van der Waals surface area contributed by atoms with E-state index in [1.807, 2.05) is 0 Å². The lowest BCUT2D eigenvalue weighted by molar-refractivity contribution is -0.169. The van der Waals surface area contributed by atoms with Gasteiger partial charge in [-0.05, 0) is 69.8 Å². The molecule has 2 N–H and O–H groups in total. The Morgan fingerprint density at radius 1 is 0.727 bits per heavy atom. The Morgan fingerprint density at radius 2 is 1.27 bits per heavy atom. The molecule has 0 aliphatic rings. The SMILES string of the molecule is CCCCCCCC/C=C\CCCCCCCC(=O)OCC(C)(COC(=O)Cc1ccc(O)cc1)C(=O)OCCSSCCOC(=O)NCCN(CC)CC. The summed E-state index contributed by atoms with van der Waals surface area (Å²) in [5.74, 6) is -0.448. The lowest BCUT2D eigenvalue weighted by Crippen LogP contribution is -2.40. The highest BCUT2D eigenvalue weighted by Crippen LogP contribution is 2.24. The van der Waals surface area contributed by atoms with Gasteiger partial charge < -0.3 is 34.3 Å². The summed E-state index contributed by atoms with van der Waals surface area (Å²) in [4.78, 5) is 52.6. The molecule has 0 heterocycles. The Balaban J connectivity index is 2.40. The minimum atomic E-state index is -1.40. The average Bonchev–Trinajstić information content (AvgIpc) is 3.18. The number of unbranched alkanes of at least 4 members (excludes halogenated alkanes) is 11. The van der Waals surface area contributed by atoms with Crippen LogP contribution in [0.15, 0.2) is 36.4 Å². The lowest BCUT2D eigenvalue weighted by Gasteiger charge is -2.26. The molecular formula is C42H70N2O9S2. The van der Waals surface area contributed by atoms with Gasteiger partial charge in [-0.2, -0.15) is 0 Å². The fourth-order valence-corrected chi connectivity index (χ4v) is 7.07. The van der Waals surface area contributed by atoms with Crippen LogP contribution in [-0.2, 0) is 39.8 Å². The summed E-state index contributed by atoms with van der Waals surface area (Å²) < 4.78 is 21.7. The van der Waals surface area contributed by atoms with E-state index >= 15 is 0 Å². The van der Waals surface area contributed by atoms with Gasteiger partial charge in [0.2, 0.25) is 0 Å². The number of amides is 1. The standard InChI is InChI=1S/C42H70N2O9S2/c1-5-8-9-10-11-12-13-14-15-16-17-18-19-20-21-22-38(46)52-34-42(4,35-53-39(47)33-36-23-25-37(45)26-24-36)40(48)50-29-31-54-55-32-30-51-41(49)43-27-28-44(6-2)7-3/h14-15,23-26,45H,5-13,16-22,27-35H2,1-4H3,(H,43,49)/b15-14-. The van der Waals surface area contributed by atoms with E-state index in [1.165, 1.54) is 78.7 Å². The smallest absolute Gasteiger partial charge is 0.407 e. The van der Waals surface area contributed by atoms with Crippen LogP contribution in [0.5, 0.6) is 5.75 Å². The molecule has 0 saturated heterocycles. The van der Waals surface area contributed by atoms with Crippen LogP contribution in [0, 0.1) is 5.41 Å². The molecule has 0 bridgehead atoms. The Hall–Kier alpha value is -2.90. The number of carbonyl (C=O) groups excluding carboxylic acids is 4. The number of likely N-dealkylation sites (N-methyl/N-ethyl adjacent to an activating group) is 1. The topological polar surface area (TPSA) is 141 Å². The molecule has 1 aromatic carbocycles. The van der Waals surface area contributed by atoms with Crippen molar-refractivity contribution < 1.29 is 43.2 Å². The van der Waals surface area contributed by atoms with Crippen LogP contribution in [0.4, 0.5) is 4.79 Å². The number of rotatable bonds is 34.